The topological polar surface area (TPSA) is 53.7 Å². The molecule has 0 aliphatic carbocycles. The molecular formula is C12H17NO3. The van der Waals surface area contributed by atoms with Gasteiger partial charge in [-0.1, -0.05) is 0 Å². The Balaban J connectivity index is 1.99. The molecule has 0 saturated carbocycles. The lowest BCUT2D eigenvalue weighted by Crippen LogP contribution is -2.45. The summed E-state index contributed by atoms with van der Waals surface area (Å²) in [6, 6.07) is 1.92. The molecule has 0 amide bonds. The maximum Gasteiger partial charge on any atom is 0.310 e. The Hall–Kier alpha value is -1.29. The molecule has 1 aromatic heterocycles. The van der Waals surface area contributed by atoms with Crippen molar-refractivity contribution in [2.75, 3.05) is 13.1 Å². The second-order valence-corrected chi connectivity index (χ2v) is 4.81. The van der Waals surface area contributed by atoms with Crippen molar-refractivity contribution in [2.24, 2.45) is 5.41 Å². The van der Waals surface area contributed by atoms with Gasteiger partial charge in [-0.05, 0) is 32.4 Å². The summed E-state index contributed by atoms with van der Waals surface area (Å²) < 4.78 is 5.01. The van der Waals surface area contributed by atoms with E-state index in [1.165, 1.54) is 0 Å². The normalized spacial score (nSPS) is 26.8. The minimum absolute atomic E-state index is 0.595. The molecule has 1 aromatic rings. The number of nitrogens with zero attached hydrogens (tertiary/aromatic N) is 1. The van der Waals surface area contributed by atoms with Gasteiger partial charge in [0, 0.05) is 18.7 Å². The average molecular weight is 223 g/mol. The fourth-order valence-corrected chi connectivity index (χ4v) is 2.29. The van der Waals surface area contributed by atoms with Crippen LogP contribution in [0.5, 0.6) is 0 Å². The van der Waals surface area contributed by atoms with E-state index >= 15 is 0 Å². The predicted octanol–water partition coefficient (Wildman–Crippen LogP) is 1.97. The van der Waals surface area contributed by atoms with Crippen LogP contribution >= 0.6 is 0 Å². The van der Waals surface area contributed by atoms with Crippen molar-refractivity contribution in [1.29, 1.82) is 0 Å². The van der Waals surface area contributed by atoms with Crippen molar-refractivity contribution < 1.29 is 14.3 Å². The van der Waals surface area contributed by atoms with E-state index in [2.05, 4.69) is 4.90 Å². The lowest BCUT2D eigenvalue weighted by molar-refractivity contribution is -0.151. The number of furan rings is 1. The van der Waals surface area contributed by atoms with E-state index in [4.69, 9.17) is 4.42 Å². The average Bonchev–Trinajstić information content (AvgIpc) is 2.70. The molecule has 0 aromatic carbocycles. The Bertz CT molecular complexity index is 360. The third-order valence-corrected chi connectivity index (χ3v) is 3.28. The van der Waals surface area contributed by atoms with E-state index in [9.17, 15) is 9.90 Å². The Morgan fingerprint density at radius 1 is 1.69 bits per heavy atom. The number of carbonyl (C=O) groups is 1. The molecule has 1 fully saturated rings. The number of aliphatic carboxylic acids is 1. The first-order valence-electron chi connectivity index (χ1n) is 5.57. The lowest BCUT2D eigenvalue weighted by atomic mass is 9.82. The fourth-order valence-electron chi connectivity index (χ4n) is 2.29. The summed E-state index contributed by atoms with van der Waals surface area (Å²) >= 11 is 0. The maximum absolute atomic E-state index is 11.2. The summed E-state index contributed by atoms with van der Waals surface area (Å²) in [6.07, 6.45) is 5.08. The third-order valence-electron chi connectivity index (χ3n) is 3.28. The van der Waals surface area contributed by atoms with Crippen LogP contribution < -0.4 is 0 Å². The van der Waals surface area contributed by atoms with Crippen molar-refractivity contribution in [3.8, 4) is 0 Å². The molecule has 4 heteroatoms. The highest BCUT2D eigenvalue weighted by molar-refractivity contribution is 5.74. The molecule has 1 N–H and O–H groups in total. The van der Waals surface area contributed by atoms with Crippen molar-refractivity contribution in [1.82, 2.24) is 4.90 Å². The molecule has 0 radical (unpaired) electrons. The summed E-state index contributed by atoms with van der Waals surface area (Å²) in [5, 5.41) is 9.20. The van der Waals surface area contributed by atoms with Crippen molar-refractivity contribution in [3.63, 3.8) is 0 Å². The summed E-state index contributed by atoms with van der Waals surface area (Å²) in [7, 11) is 0. The minimum Gasteiger partial charge on any atom is -0.481 e. The summed E-state index contributed by atoms with van der Waals surface area (Å²) in [6.45, 7) is 4.19. The zero-order chi connectivity index (χ0) is 11.6. The van der Waals surface area contributed by atoms with Gasteiger partial charge >= 0.3 is 5.97 Å². The zero-order valence-electron chi connectivity index (χ0n) is 9.48. The number of hydrogen-bond acceptors (Lipinski definition) is 3. The second kappa shape index (κ2) is 4.29. The van der Waals surface area contributed by atoms with Gasteiger partial charge in [-0.15, -0.1) is 0 Å². The Kier molecular flexibility index (Phi) is 3.01. The Morgan fingerprint density at radius 2 is 2.50 bits per heavy atom. The van der Waals surface area contributed by atoms with Crippen molar-refractivity contribution in [3.05, 3.63) is 24.2 Å². The molecule has 1 unspecified atom stereocenters. The van der Waals surface area contributed by atoms with Crippen molar-refractivity contribution >= 4 is 5.97 Å². The lowest BCUT2D eigenvalue weighted by Gasteiger charge is -2.37. The van der Waals surface area contributed by atoms with Crippen LogP contribution in [0, 0.1) is 5.41 Å². The molecule has 4 nitrogen and oxygen atoms in total. The first kappa shape index (κ1) is 11.2. The largest absolute Gasteiger partial charge is 0.481 e. The van der Waals surface area contributed by atoms with Gasteiger partial charge in [0.15, 0.2) is 0 Å². The number of hydrogen-bond donors (Lipinski definition) is 1. The number of rotatable bonds is 3. The molecule has 0 bridgehead atoms. The van der Waals surface area contributed by atoms with E-state index in [0.717, 1.165) is 31.5 Å². The SMILES string of the molecule is CC1(C(=O)O)CCCN(Cc2ccoc2)C1. The Morgan fingerprint density at radius 3 is 3.12 bits per heavy atom. The smallest absolute Gasteiger partial charge is 0.310 e. The molecule has 1 saturated heterocycles. The summed E-state index contributed by atoms with van der Waals surface area (Å²) in [5.74, 6) is -0.690. The van der Waals surface area contributed by atoms with Gasteiger partial charge in [-0.25, -0.2) is 0 Å². The standard InChI is InChI=1S/C12H17NO3/c1-12(11(14)15)4-2-5-13(9-12)7-10-3-6-16-8-10/h3,6,8H,2,4-5,7,9H2,1H3,(H,14,15). The minimum atomic E-state index is -0.690. The maximum atomic E-state index is 11.2. The number of carboxylic acids is 1. The molecule has 88 valence electrons. The molecule has 1 aliphatic heterocycles. The highest BCUT2D eigenvalue weighted by Gasteiger charge is 2.37. The van der Waals surface area contributed by atoms with Gasteiger partial charge in [-0.2, -0.15) is 0 Å². The van der Waals surface area contributed by atoms with Gasteiger partial charge < -0.3 is 9.52 Å². The second-order valence-electron chi connectivity index (χ2n) is 4.81. The quantitative estimate of drug-likeness (QED) is 0.851. The van der Waals surface area contributed by atoms with Crippen LogP contribution in [0.25, 0.3) is 0 Å². The van der Waals surface area contributed by atoms with Gasteiger partial charge in [0.05, 0.1) is 17.9 Å². The van der Waals surface area contributed by atoms with E-state index in [-0.39, 0.29) is 0 Å². The molecule has 1 atom stereocenters. The molecule has 16 heavy (non-hydrogen) atoms. The molecule has 1 aliphatic rings. The third kappa shape index (κ3) is 2.27. The summed E-state index contributed by atoms with van der Waals surface area (Å²) in [4.78, 5) is 13.4. The van der Waals surface area contributed by atoms with Gasteiger partial charge in [-0.3, -0.25) is 9.69 Å². The summed E-state index contributed by atoms with van der Waals surface area (Å²) in [5.41, 5.74) is 0.511. The van der Waals surface area contributed by atoms with Crippen LogP contribution in [-0.2, 0) is 11.3 Å². The van der Waals surface area contributed by atoms with Crippen molar-refractivity contribution in [2.45, 2.75) is 26.3 Å². The zero-order valence-corrected chi connectivity index (χ0v) is 9.48. The van der Waals surface area contributed by atoms with Crippen LogP contribution in [0.2, 0.25) is 0 Å². The van der Waals surface area contributed by atoms with E-state index in [1.807, 2.05) is 13.0 Å². The highest BCUT2D eigenvalue weighted by atomic mass is 16.4. The van der Waals surface area contributed by atoms with E-state index < -0.39 is 11.4 Å². The predicted molar refractivity (Wildman–Crippen MR) is 59.0 cm³/mol. The molecular weight excluding hydrogens is 206 g/mol. The number of likely N-dealkylation sites (tertiary alicyclic amines) is 1. The molecule has 2 rings (SSSR count). The Labute approximate surface area is 94.9 Å². The van der Waals surface area contributed by atoms with Gasteiger partial charge in [0.1, 0.15) is 0 Å². The van der Waals surface area contributed by atoms with Gasteiger partial charge in [0.2, 0.25) is 0 Å². The van der Waals surface area contributed by atoms with Crippen LogP contribution in [0.3, 0.4) is 0 Å². The monoisotopic (exact) mass is 223 g/mol. The van der Waals surface area contributed by atoms with Crippen LogP contribution in [-0.4, -0.2) is 29.1 Å². The van der Waals surface area contributed by atoms with Gasteiger partial charge in [0.25, 0.3) is 0 Å². The van der Waals surface area contributed by atoms with Crippen LogP contribution in [0.1, 0.15) is 25.3 Å². The fraction of sp³-hybridized carbons (Fsp3) is 0.583. The number of piperidine rings is 1. The van der Waals surface area contributed by atoms with E-state index in [0.29, 0.717) is 6.54 Å². The highest BCUT2D eigenvalue weighted by Crippen LogP contribution is 2.30. The van der Waals surface area contributed by atoms with E-state index in [1.54, 1.807) is 12.5 Å². The number of carboxylic acid groups (broad SMARTS) is 1. The van der Waals surface area contributed by atoms with Crippen LogP contribution in [0.4, 0.5) is 0 Å². The first-order chi connectivity index (χ1) is 7.60. The molecule has 2 heterocycles. The van der Waals surface area contributed by atoms with Crippen LogP contribution in [0.15, 0.2) is 23.0 Å². The molecule has 0 spiro atoms. The first-order valence-corrected chi connectivity index (χ1v) is 5.57.